The molecule has 0 aromatic heterocycles. The fraction of sp³-hybridized carbons (Fsp3) is 0.333. The number of amides is 3. The minimum atomic E-state index is -4.36. The number of fused-ring (bicyclic) bond motifs is 1. The van der Waals surface area contributed by atoms with Crippen LogP contribution in [-0.2, 0) is 24.4 Å². The second-order valence-electron chi connectivity index (χ2n) is 11.9. The predicted molar refractivity (Wildman–Crippen MR) is 169 cm³/mol. The first-order chi connectivity index (χ1) is 21.5. The third-order valence-electron chi connectivity index (χ3n) is 8.90. The molecule has 2 fully saturated rings. The average Bonchev–Trinajstić information content (AvgIpc) is 3.46. The van der Waals surface area contributed by atoms with E-state index < -0.39 is 39.8 Å². The molecular formula is C33H32ClN5O5S. The number of carbonyl (C=O) groups is 3. The molecule has 12 heteroatoms. The summed E-state index contributed by atoms with van der Waals surface area (Å²) in [5.74, 6) is -1.81. The van der Waals surface area contributed by atoms with Gasteiger partial charge in [0.05, 0.1) is 34.3 Å². The monoisotopic (exact) mass is 645 g/mol. The molecule has 0 radical (unpaired) electrons. The Hall–Kier alpha value is -4.40. The van der Waals surface area contributed by atoms with Gasteiger partial charge in [0.25, 0.3) is 10.0 Å². The number of sulfonamides is 1. The van der Waals surface area contributed by atoms with Crippen LogP contribution >= 0.6 is 11.6 Å². The summed E-state index contributed by atoms with van der Waals surface area (Å²) in [5.41, 5.74) is 1.54. The van der Waals surface area contributed by atoms with E-state index in [2.05, 4.69) is 16.7 Å². The van der Waals surface area contributed by atoms with Crippen LogP contribution in [0, 0.1) is 25.2 Å². The quantitative estimate of drug-likeness (QED) is 0.390. The van der Waals surface area contributed by atoms with Crippen LogP contribution in [0.4, 0.5) is 11.4 Å². The van der Waals surface area contributed by atoms with Crippen molar-refractivity contribution in [1.82, 2.24) is 10.2 Å². The number of aryl methyl sites for hydroxylation is 2. The van der Waals surface area contributed by atoms with Crippen molar-refractivity contribution in [3.05, 3.63) is 87.9 Å². The van der Waals surface area contributed by atoms with Crippen molar-refractivity contribution in [2.45, 2.75) is 61.9 Å². The van der Waals surface area contributed by atoms with Gasteiger partial charge in [0.15, 0.2) is 0 Å². The lowest BCUT2D eigenvalue weighted by Crippen LogP contribution is -2.55. The highest BCUT2D eigenvalue weighted by molar-refractivity contribution is 7.93. The van der Waals surface area contributed by atoms with Crippen molar-refractivity contribution < 1.29 is 22.8 Å². The Bertz CT molecular complexity index is 1870. The third kappa shape index (κ3) is 5.42. The molecule has 3 amide bonds. The predicted octanol–water partition coefficient (Wildman–Crippen LogP) is 4.40. The summed E-state index contributed by atoms with van der Waals surface area (Å²) in [6, 6.07) is 17.1. The molecule has 1 aliphatic carbocycles. The molecule has 6 rings (SSSR count). The van der Waals surface area contributed by atoms with Crippen LogP contribution in [0.3, 0.4) is 0 Å². The molecule has 0 bridgehead atoms. The standard InChI is InChI=1S/C33H32ClN5O5S/c1-20-16-29(21(2)15-25(20)34)45(43,44)39-27-8-4-3-7-26(27)36-31(41)28(39)17-30(40)37-33(32(42)38-13-5-6-14-38)18-24(33)23-11-9-22(19-35)10-12-23/h3-4,7-12,15-16,24,28H,5-6,13-14,17-18H2,1-2H3,(H,36,41)(H,37,40). The van der Waals surface area contributed by atoms with Crippen LogP contribution in [0.5, 0.6) is 0 Å². The summed E-state index contributed by atoms with van der Waals surface area (Å²) < 4.78 is 29.7. The second-order valence-corrected chi connectivity index (χ2v) is 14.1. The molecule has 3 aromatic rings. The Kier molecular flexibility index (Phi) is 7.83. The average molecular weight is 646 g/mol. The molecule has 10 nitrogen and oxygen atoms in total. The number of benzene rings is 3. The first-order valence-corrected chi connectivity index (χ1v) is 16.6. The Morgan fingerprint density at radius 2 is 1.76 bits per heavy atom. The van der Waals surface area contributed by atoms with Crippen LogP contribution in [0.1, 0.15) is 53.9 Å². The van der Waals surface area contributed by atoms with E-state index >= 15 is 0 Å². The molecule has 3 aromatic carbocycles. The van der Waals surface area contributed by atoms with E-state index in [-0.39, 0.29) is 22.4 Å². The van der Waals surface area contributed by atoms with Crippen molar-refractivity contribution in [1.29, 1.82) is 5.26 Å². The maximum absolute atomic E-state index is 14.3. The van der Waals surface area contributed by atoms with Crippen molar-refractivity contribution in [2.24, 2.45) is 0 Å². The fourth-order valence-electron chi connectivity index (χ4n) is 6.43. The smallest absolute Gasteiger partial charge is 0.265 e. The first-order valence-electron chi connectivity index (χ1n) is 14.8. The van der Waals surface area contributed by atoms with Crippen LogP contribution < -0.4 is 14.9 Å². The number of anilines is 2. The Morgan fingerprint density at radius 1 is 1.07 bits per heavy atom. The topological polar surface area (TPSA) is 140 Å². The van der Waals surface area contributed by atoms with Crippen LogP contribution in [0.15, 0.2) is 65.6 Å². The Morgan fingerprint density at radius 3 is 2.44 bits per heavy atom. The summed E-state index contributed by atoms with van der Waals surface area (Å²) in [5, 5.41) is 15.3. The highest BCUT2D eigenvalue weighted by Crippen LogP contribution is 2.53. The van der Waals surface area contributed by atoms with Crippen molar-refractivity contribution >= 4 is 50.7 Å². The molecule has 3 aliphatic rings. The van der Waals surface area contributed by atoms with Crippen LogP contribution in [0.2, 0.25) is 5.02 Å². The van der Waals surface area contributed by atoms with Gasteiger partial charge in [-0.15, -0.1) is 0 Å². The van der Waals surface area contributed by atoms with E-state index in [1.165, 1.54) is 6.07 Å². The molecule has 232 valence electrons. The number of hydrogen-bond acceptors (Lipinski definition) is 6. The van der Waals surface area contributed by atoms with E-state index in [1.807, 2.05) is 0 Å². The Balaban J connectivity index is 1.34. The molecule has 3 atom stereocenters. The molecule has 2 N–H and O–H groups in total. The number of nitriles is 1. The van der Waals surface area contributed by atoms with Gasteiger partial charge in [-0.05, 0) is 86.2 Å². The van der Waals surface area contributed by atoms with E-state index in [1.54, 1.807) is 73.3 Å². The summed E-state index contributed by atoms with van der Waals surface area (Å²) in [6.07, 6.45) is 1.58. The van der Waals surface area contributed by atoms with Gasteiger partial charge in [-0.3, -0.25) is 18.7 Å². The molecule has 1 saturated carbocycles. The molecule has 1 saturated heterocycles. The molecule has 0 spiro atoms. The molecular weight excluding hydrogens is 614 g/mol. The van der Waals surface area contributed by atoms with Crippen molar-refractivity contribution in [3.8, 4) is 6.07 Å². The summed E-state index contributed by atoms with van der Waals surface area (Å²) in [7, 11) is -4.36. The summed E-state index contributed by atoms with van der Waals surface area (Å²) in [6.45, 7) is 4.49. The first kappa shape index (κ1) is 30.6. The summed E-state index contributed by atoms with van der Waals surface area (Å²) >= 11 is 6.26. The number of nitrogens with zero attached hydrogens (tertiary/aromatic N) is 3. The zero-order chi connectivity index (χ0) is 32.1. The maximum Gasteiger partial charge on any atom is 0.265 e. The van der Waals surface area contributed by atoms with Gasteiger partial charge < -0.3 is 15.5 Å². The van der Waals surface area contributed by atoms with Gasteiger partial charge in [0.2, 0.25) is 17.7 Å². The fourth-order valence-corrected chi connectivity index (χ4v) is 8.58. The minimum Gasteiger partial charge on any atom is -0.341 e. The van der Waals surface area contributed by atoms with Gasteiger partial charge in [-0.1, -0.05) is 35.9 Å². The van der Waals surface area contributed by atoms with Crippen molar-refractivity contribution in [3.63, 3.8) is 0 Å². The van der Waals surface area contributed by atoms with E-state index in [0.717, 1.165) is 22.7 Å². The third-order valence-corrected chi connectivity index (χ3v) is 11.3. The van der Waals surface area contributed by atoms with E-state index in [4.69, 9.17) is 11.6 Å². The number of carbonyl (C=O) groups excluding carboxylic acids is 3. The molecule has 2 aliphatic heterocycles. The molecule has 2 heterocycles. The number of likely N-dealkylation sites (tertiary alicyclic amines) is 1. The maximum atomic E-state index is 14.3. The number of halogens is 1. The number of rotatable bonds is 7. The lowest BCUT2D eigenvalue weighted by atomic mass is 10.0. The lowest BCUT2D eigenvalue weighted by Gasteiger charge is -2.37. The minimum absolute atomic E-state index is 0.0249. The van der Waals surface area contributed by atoms with E-state index in [9.17, 15) is 28.1 Å². The highest BCUT2D eigenvalue weighted by atomic mass is 35.5. The van der Waals surface area contributed by atoms with E-state index in [0.29, 0.717) is 46.9 Å². The van der Waals surface area contributed by atoms with Gasteiger partial charge >= 0.3 is 0 Å². The highest BCUT2D eigenvalue weighted by Gasteiger charge is 2.63. The van der Waals surface area contributed by atoms with Gasteiger partial charge in [0.1, 0.15) is 11.6 Å². The zero-order valence-electron chi connectivity index (χ0n) is 24.8. The number of para-hydroxylation sites is 2. The molecule has 3 unspecified atom stereocenters. The van der Waals surface area contributed by atoms with Gasteiger partial charge in [-0.2, -0.15) is 5.26 Å². The second kappa shape index (κ2) is 11.5. The van der Waals surface area contributed by atoms with Crippen LogP contribution in [-0.4, -0.2) is 55.7 Å². The number of nitrogens with one attached hydrogen (secondary N) is 2. The summed E-state index contributed by atoms with van der Waals surface area (Å²) in [4.78, 5) is 43.0. The van der Waals surface area contributed by atoms with Crippen LogP contribution in [0.25, 0.3) is 0 Å². The largest absolute Gasteiger partial charge is 0.341 e. The Labute approximate surface area is 267 Å². The number of hydrogen-bond donors (Lipinski definition) is 2. The SMILES string of the molecule is Cc1cc(S(=O)(=O)N2c3ccccc3NC(=O)C2CC(=O)NC2(C(=O)N3CCCC3)CC2c2ccc(C#N)cc2)c(C)cc1Cl. The van der Waals surface area contributed by atoms with Gasteiger partial charge in [0, 0.05) is 24.0 Å². The zero-order valence-corrected chi connectivity index (χ0v) is 26.4. The lowest BCUT2D eigenvalue weighted by molar-refractivity contribution is -0.137. The van der Waals surface area contributed by atoms with Crippen molar-refractivity contribution in [2.75, 3.05) is 22.7 Å². The molecule has 45 heavy (non-hydrogen) atoms. The normalized spacial score (nSPS) is 22.3. The van der Waals surface area contributed by atoms with Gasteiger partial charge in [-0.25, -0.2) is 8.42 Å².